The summed E-state index contributed by atoms with van der Waals surface area (Å²) >= 11 is 29.9. The second-order valence-corrected chi connectivity index (χ2v) is 19.9. The minimum atomic E-state index is -0.746. The van der Waals surface area contributed by atoms with Gasteiger partial charge in [-0.05, 0) is 181 Å². The average molecular weight is 1220 g/mol. The lowest BCUT2D eigenvalue weighted by molar-refractivity contribution is 0.726. The Labute approximate surface area is 382 Å². The molecule has 7 aromatic rings. The van der Waals surface area contributed by atoms with Crippen LogP contribution in [-0.4, -0.2) is 0 Å². The molecule has 0 radical (unpaired) electrons. The van der Waals surface area contributed by atoms with Crippen LogP contribution in [-0.2, 0) is 10.8 Å². The van der Waals surface area contributed by atoms with E-state index in [0.717, 1.165) is 80.3 Å². The third-order valence-corrected chi connectivity index (χ3v) is 14.6. The first-order chi connectivity index (χ1) is 25.8. The van der Waals surface area contributed by atoms with Gasteiger partial charge in [-0.15, -0.1) is 0 Å². The molecular formula is C44H28Br8N2. The highest BCUT2D eigenvalue weighted by atomic mass is 79.9. The molecule has 0 aromatic heterocycles. The molecule has 54 heavy (non-hydrogen) atoms. The van der Waals surface area contributed by atoms with E-state index in [2.05, 4.69) is 273 Å². The van der Waals surface area contributed by atoms with E-state index in [4.69, 9.17) is 11.5 Å². The SMILES string of the molecule is Nc1c(Br)cc(C(c2ccc(Br)cc2)(c2ccc(Br)cc2)c2ccc(C(c3ccc(Br)cc3)(c3ccc(Br)cc3)c3cc(Br)c(N)c(Br)c3)cc2)cc1Br. The Morgan fingerprint density at radius 1 is 0.259 bits per heavy atom. The summed E-state index contributed by atoms with van der Waals surface area (Å²) in [5.74, 6) is 0. The maximum absolute atomic E-state index is 6.51. The van der Waals surface area contributed by atoms with Gasteiger partial charge in [0.1, 0.15) is 0 Å². The predicted octanol–water partition coefficient (Wildman–Crippen LogP) is 15.7. The Kier molecular flexibility index (Phi) is 12.2. The van der Waals surface area contributed by atoms with Crippen LogP contribution in [0.2, 0.25) is 0 Å². The third kappa shape index (κ3) is 7.32. The van der Waals surface area contributed by atoms with E-state index in [9.17, 15) is 0 Å². The van der Waals surface area contributed by atoms with E-state index >= 15 is 0 Å². The summed E-state index contributed by atoms with van der Waals surface area (Å²) in [5, 5.41) is 0. The molecule has 0 heterocycles. The fourth-order valence-electron chi connectivity index (χ4n) is 7.37. The second kappa shape index (κ2) is 16.5. The number of halogens is 8. The number of nitrogen functional groups attached to an aromatic ring is 2. The third-order valence-electron chi connectivity index (χ3n) is 9.88. The molecular weight excluding hydrogens is 1200 g/mol. The summed E-state index contributed by atoms with van der Waals surface area (Å²) in [6.07, 6.45) is 0. The molecule has 0 spiro atoms. The molecule has 0 amide bonds. The molecule has 2 nitrogen and oxygen atoms in total. The van der Waals surface area contributed by atoms with Crippen molar-refractivity contribution in [3.8, 4) is 0 Å². The number of hydrogen-bond donors (Lipinski definition) is 2. The predicted molar refractivity (Wildman–Crippen MR) is 253 cm³/mol. The van der Waals surface area contributed by atoms with E-state index in [1.54, 1.807) is 0 Å². The van der Waals surface area contributed by atoms with E-state index in [0.29, 0.717) is 11.4 Å². The van der Waals surface area contributed by atoms with Gasteiger partial charge in [0.25, 0.3) is 0 Å². The van der Waals surface area contributed by atoms with Crippen LogP contribution in [0.3, 0.4) is 0 Å². The van der Waals surface area contributed by atoms with Crippen molar-refractivity contribution in [2.45, 2.75) is 10.8 Å². The van der Waals surface area contributed by atoms with Crippen LogP contribution in [0.15, 0.2) is 181 Å². The Balaban J connectivity index is 1.59. The molecule has 270 valence electrons. The lowest BCUT2D eigenvalue weighted by atomic mass is 9.63. The number of anilines is 2. The molecule has 10 heteroatoms. The minimum Gasteiger partial charge on any atom is -0.397 e. The fourth-order valence-corrected chi connectivity index (χ4v) is 10.8. The molecule has 4 N–H and O–H groups in total. The number of hydrogen-bond acceptors (Lipinski definition) is 2. The van der Waals surface area contributed by atoms with Crippen LogP contribution in [0.5, 0.6) is 0 Å². The molecule has 0 saturated carbocycles. The van der Waals surface area contributed by atoms with Crippen molar-refractivity contribution in [2.75, 3.05) is 11.5 Å². The van der Waals surface area contributed by atoms with Crippen LogP contribution in [0.25, 0.3) is 0 Å². The quantitative estimate of drug-likeness (QED) is 0.118. The van der Waals surface area contributed by atoms with Crippen molar-refractivity contribution >= 4 is 139 Å². The number of benzene rings is 7. The normalized spacial score (nSPS) is 11.9. The van der Waals surface area contributed by atoms with Crippen molar-refractivity contribution in [1.29, 1.82) is 0 Å². The first-order valence-electron chi connectivity index (χ1n) is 16.5. The monoisotopic (exact) mass is 1220 g/mol. The minimum absolute atomic E-state index is 0.643. The fraction of sp³-hybridized carbons (Fsp3) is 0.0455. The first-order valence-corrected chi connectivity index (χ1v) is 22.8. The molecule has 7 aromatic carbocycles. The van der Waals surface area contributed by atoms with E-state index in [1.807, 2.05) is 0 Å². The Morgan fingerprint density at radius 3 is 0.611 bits per heavy atom. The van der Waals surface area contributed by atoms with Crippen LogP contribution in [0.4, 0.5) is 11.4 Å². The molecule has 0 atom stereocenters. The maximum atomic E-state index is 6.51. The van der Waals surface area contributed by atoms with Gasteiger partial charge < -0.3 is 11.5 Å². The van der Waals surface area contributed by atoms with Gasteiger partial charge in [0.2, 0.25) is 0 Å². The van der Waals surface area contributed by atoms with Crippen LogP contribution >= 0.6 is 127 Å². The maximum Gasteiger partial charge on any atom is 0.0702 e. The standard InChI is InChI=1S/C44H28Br8N2/c45-33-13-5-27(6-14-33)43(28-7-15-34(46)16-8-28,31-21-37(49)41(53)38(50)22-31)25-1-2-26(4-3-25)44(29-9-17-35(47)18-10-29,30-11-19-36(48)20-12-30)32-23-39(51)42(54)40(52)24-32/h1-24H,53-54H2. The largest absolute Gasteiger partial charge is 0.397 e. The van der Waals surface area contributed by atoms with Crippen molar-refractivity contribution in [2.24, 2.45) is 0 Å². The van der Waals surface area contributed by atoms with Gasteiger partial charge in [0, 0.05) is 35.8 Å². The summed E-state index contributed by atoms with van der Waals surface area (Å²) in [4.78, 5) is 0. The highest BCUT2D eigenvalue weighted by molar-refractivity contribution is 9.12. The molecule has 0 fully saturated rings. The zero-order chi connectivity index (χ0) is 38.4. The van der Waals surface area contributed by atoms with E-state index in [-0.39, 0.29) is 0 Å². The first kappa shape index (κ1) is 40.2. The molecule has 0 bridgehead atoms. The smallest absolute Gasteiger partial charge is 0.0702 e. The van der Waals surface area contributed by atoms with Gasteiger partial charge in [-0.3, -0.25) is 0 Å². The average Bonchev–Trinajstić information content (AvgIpc) is 3.16. The lowest BCUT2D eigenvalue weighted by Gasteiger charge is -2.39. The summed E-state index contributed by atoms with van der Waals surface area (Å²) in [6.45, 7) is 0. The van der Waals surface area contributed by atoms with E-state index < -0.39 is 10.8 Å². The summed E-state index contributed by atoms with van der Waals surface area (Å²) in [6, 6.07) is 51.9. The highest BCUT2D eigenvalue weighted by Crippen LogP contribution is 2.51. The number of rotatable bonds is 8. The zero-order valence-corrected chi connectivity index (χ0v) is 40.7. The van der Waals surface area contributed by atoms with Crippen LogP contribution in [0, 0.1) is 0 Å². The van der Waals surface area contributed by atoms with Gasteiger partial charge in [0.15, 0.2) is 0 Å². The van der Waals surface area contributed by atoms with Crippen molar-refractivity contribution in [3.63, 3.8) is 0 Å². The summed E-state index contributed by atoms with van der Waals surface area (Å²) in [7, 11) is 0. The number of nitrogens with two attached hydrogens (primary N) is 2. The Hall–Kier alpha value is -2.02. The second-order valence-electron chi connectivity index (χ2n) is 12.8. The van der Waals surface area contributed by atoms with Crippen LogP contribution < -0.4 is 11.5 Å². The van der Waals surface area contributed by atoms with Gasteiger partial charge in [-0.2, -0.15) is 0 Å². The lowest BCUT2D eigenvalue weighted by Crippen LogP contribution is -2.33. The van der Waals surface area contributed by atoms with E-state index in [1.165, 1.54) is 0 Å². The zero-order valence-electron chi connectivity index (χ0n) is 28.0. The van der Waals surface area contributed by atoms with Gasteiger partial charge >= 0.3 is 0 Å². The molecule has 0 saturated heterocycles. The summed E-state index contributed by atoms with van der Waals surface area (Å²) in [5.41, 5.74) is 21.5. The highest BCUT2D eigenvalue weighted by Gasteiger charge is 2.42. The molecule has 0 unspecified atom stereocenters. The van der Waals surface area contributed by atoms with Crippen LogP contribution in [0.1, 0.15) is 44.5 Å². The summed E-state index contributed by atoms with van der Waals surface area (Å²) < 4.78 is 7.25. The Morgan fingerprint density at radius 2 is 0.426 bits per heavy atom. The molecule has 0 aliphatic rings. The topological polar surface area (TPSA) is 52.0 Å². The Bertz CT molecular complexity index is 2150. The van der Waals surface area contributed by atoms with Gasteiger partial charge in [-0.1, -0.05) is 137 Å². The molecule has 0 aliphatic carbocycles. The molecule has 0 aliphatic heterocycles. The van der Waals surface area contributed by atoms with Gasteiger partial charge in [-0.25, -0.2) is 0 Å². The van der Waals surface area contributed by atoms with Crippen molar-refractivity contribution < 1.29 is 0 Å². The molecule has 7 rings (SSSR count). The van der Waals surface area contributed by atoms with Crippen molar-refractivity contribution in [3.05, 3.63) is 226 Å². The van der Waals surface area contributed by atoms with Crippen molar-refractivity contribution in [1.82, 2.24) is 0 Å². The van der Waals surface area contributed by atoms with Gasteiger partial charge in [0.05, 0.1) is 22.2 Å².